The minimum atomic E-state index is 0.855. The second-order valence-electron chi connectivity index (χ2n) is 4.21. The monoisotopic (exact) mass is 255 g/mol. The third kappa shape index (κ3) is 3.85. The zero-order valence-electron chi connectivity index (χ0n) is 11.3. The Labute approximate surface area is 114 Å². The summed E-state index contributed by atoms with van der Waals surface area (Å²) >= 11 is 0. The summed E-state index contributed by atoms with van der Waals surface area (Å²) in [7, 11) is 1.66. The maximum absolute atomic E-state index is 5.11. The molecule has 0 aromatic heterocycles. The Morgan fingerprint density at radius 2 is 1.74 bits per heavy atom. The summed E-state index contributed by atoms with van der Waals surface area (Å²) in [5.74, 6) is 0.855. The zero-order chi connectivity index (χ0) is 13.5. The predicted octanol–water partition coefficient (Wildman–Crippen LogP) is 2.11. The Kier molecular flexibility index (Phi) is 4.56. The summed E-state index contributed by atoms with van der Waals surface area (Å²) in [6.45, 7) is 2.15. The molecule has 0 fully saturated rings. The number of aryl methyl sites for hydroxylation is 1. The van der Waals surface area contributed by atoms with Gasteiger partial charge in [0.05, 0.1) is 7.11 Å². The number of nitrogens with one attached hydrogen (secondary N) is 2. The van der Waals surface area contributed by atoms with E-state index in [1.54, 1.807) is 7.11 Å². The van der Waals surface area contributed by atoms with E-state index in [2.05, 4.69) is 41.5 Å². The highest BCUT2D eigenvalue weighted by Crippen LogP contribution is 2.13. The van der Waals surface area contributed by atoms with Crippen LogP contribution in [0, 0.1) is 0 Å². The fraction of sp³-hybridized carbons (Fsp3) is 0.188. The molecule has 0 saturated carbocycles. The van der Waals surface area contributed by atoms with Crippen molar-refractivity contribution >= 4 is 17.7 Å². The second-order valence-corrected chi connectivity index (χ2v) is 4.21. The first-order chi connectivity index (χ1) is 9.31. The molecule has 2 N–H and O–H groups in total. The van der Waals surface area contributed by atoms with Gasteiger partial charge in [-0.05, 0) is 48.4 Å². The summed E-state index contributed by atoms with van der Waals surface area (Å²) in [5.41, 5.74) is 3.42. The van der Waals surface area contributed by atoms with Gasteiger partial charge >= 0.3 is 0 Å². The molecule has 0 radical (unpaired) electrons. The number of anilines is 1. The zero-order valence-corrected chi connectivity index (χ0v) is 11.3. The molecule has 0 spiro atoms. The number of benzene rings is 2. The van der Waals surface area contributed by atoms with Gasteiger partial charge in [0.15, 0.2) is 0 Å². The molecule has 3 nitrogen and oxygen atoms in total. The van der Waals surface area contributed by atoms with E-state index in [-0.39, 0.29) is 0 Å². The lowest BCUT2D eigenvalue weighted by Gasteiger charge is -1.99. The summed E-state index contributed by atoms with van der Waals surface area (Å²) in [6, 6.07) is 16.2. The molecule has 0 atom stereocenters. The molecule has 0 unspecified atom stereocenters. The minimum absolute atomic E-state index is 0.855. The molecule has 0 aliphatic rings. The van der Waals surface area contributed by atoms with Crippen molar-refractivity contribution in [3.63, 3.8) is 0 Å². The first kappa shape index (κ1) is 13.1. The average molecular weight is 255 g/mol. The molecule has 2 aromatic rings. The SMILES string of the molecule is CCc1ccc([NH+]=CNc2ccc(OC)cc2)cc1. The molecule has 3 heteroatoms. The third-order valence-corrected chi connectivity index (χ3v) is 2.93. The van der Waals surface area contributed by atoms with Gasteiger partial charge < -0.3 is 4.74 Å². The Morgan fingerprint density at radius 3 is 2.32 bits per heavy atom. The Morgan fingerprint density at radius 1 is 1.05 bits per heavy atom. The van der Waals surface area contributed by atoms with Crippen LogP contribution in [0.3, 0.4) is 0 Å². The molecular formula is C16H19N2O+. The Hall–Kier alpha value is -2.29. The lowest BCUT2D eigenvalue weighted by atomic mass is 10.2. The van der Waals surface area contributed by atoms with Crippen LogP contribution in [0.2, 0.25) is 0 Å². The maximum Gasteiger partial charge on any atom is 0.240 e. The van der Waals surface area contributed by atoms with Gasteiger partial charge in [-0.1, -0.05) is 19.1 Å². The van der Waals surface area contributed by atoms with Crippen LogP contribution in [0.4, 0.5) is 11.4 Å². The van der Waals surface area contributed by atoms with E-state index >= 15 is 0 Å². The van der Waals surface area contributed by atoms with Crippen molar-refractivity contribution < 1.29 is 9.73 Å². The molecule has 0 aliphatic carbocycles. The van der Waals surface area contributed by atoms with Crippen LogP contribution in [-0.4, -0.2) is 13.4 Å². The summed E-state index contributed by atoms with van der Waals surface area (Å²) in [6.07, 6.45) is 2.89. The fourth-order valence-corrected chi connectivity index (χ4v) is 1.73. The number of hydrogen-bond acceptors (Lipinski definition) is 1. The highest BCUT2D eigenvalue weighted by atomic mass is 16.5. The van der Waals surface area contributed by atoms with Crippen molar-refractivity contribution in [3.05, 3.63) is 54.1 Å². The van der Waals surface area contributed by atoms with E-state index in [1.807, 2.05) is 30.6 Å². The molecule has 0 amide bonds. The van der Waals surface area contributed by atoms with E-state index < -0.39 is 0 Å². The molecule has 0 heterocycles. The van der Waals surface area contributed by atoms with Crippen molar-refractivity contribution in [1.29, 1.82) is 0 Å². The van der Waals surface area contributed by atoms with E-state index in [0.717, 1.165) is 23.5 Å². The first-order valence-corrected chi connectivity index (χ1v) is 6.39. The standard InChI is InChI=1S/C16H18N2O/c1-3-13-4-6-14(7-5-13)17-12-18-15-8-10-16(19-2)11-9-15/h4-12H,3H2,1-2H3,(H,17,18)/p+1. The van der Waals surface area contributed by atoms with Crippen molar-refractivity contribution in [3.8, 4) is 5.75 Å². The largest absolute Gasteiger partial charge is 0.497 e. The quantitative estimate of drug-likeness (QED) is 0.634. The van der Waals surface area contributed by atoms with Crippen LogP contribution >= 0.6 is 0 Å². The van der Waals surface area contributed by atoms with Crippen LogP contribution in [0.15, 0.2) is 48.5 Å². The van der Waals surface area contributed by atoms with Crippen LogP contribution < -0.4 is 15.0 Å². The Bertz CT molecular complexity index is 530. The Balaban J connectivity index is 1.94. The smallest absolute Gasteiger partial charge is 0.240 e. The number of hydrogen-bond donors (Lipinski definition) is 2. The number of ether oxygens (including phenoxy) is 1. The van der Waals surface area contributed by atoms with Gasteiger partial charge in [0.1, 0.15) is 17.1 Å². The molecule has 0 bridgehead atoms. The molecular weight excluding hydrogens is 236 g/mol. The van der Waals surface area contributed by atoms with E-state index in [4.69, 9.17) is 4.74 Å². The molecule has 2 rings (SSSR count). The molecule has 19 heavy (non-hydrogen) atoms. The van der Waals surface area contributed by atoms with Crippen LogP contribution in [0.1, 0.15) is 12.5 Å². The highest BCUT2D eigenvalue weighted by molar-refractivity contribution is 5.72. The van der Waals surface area contributed by atoms with Crippen molar-refractivity contribution in [1.82, 2.24) is 0 Å². The lowest BCUT2D eigenvalue weighted by molar-refractivity contribution is -0.347. The van der Waals surface area contributed by atoms with Gasteiger partial charge in [-0.3, -0.25) is 0 Å². The summed E-state index contributed by atoms with van der Waals surface area (Å²) < 4.78 is 5.11. The van der Waals surface area contributed by atoms with Crippen molar-refractivity contribution in [2.24, 2.45) is 0 Å². The molecule has 0 saturated heterocycles. The number of methoxy groups -OCH3 is 1. The minimum Gasteiger partial charge on any atom is -0.497 e. The normalized spacial score (nSPS) is 10.6. The average Bonchev–Trinajstić information content (AvgIpc) is 2.49. The fourth-order valence-electron chi connectivity index (χ4n) is 1.73. The predicted molar refractivity (Wildman–Crippen MR) is 79.1 cm³/mol. The van der Waals surface area contributed by atoms with Crippen LogP contribution in [0.25, 0.3) is 0 Å². The first-order valence-electron chi connectivity index (χ1n) is 6.39. The van der Waals surface area contributed by atoms with Gasteiger partial charge in [0.2, 0.25) is 6.34 Å². The lowest BCUT2D eigenvalue weighted by Crippen LogP contribution is -2.62. The van der Waals surface area contributed by atoms with Gasteiger partial charge in [-0.15, -0.1) is 0 Å². The van der Waals surface area contributed by atoms with Crippen molar-refractivity contribution in [2.45, 2.75) is 13.3 Å². The van der Waals surface area contributed by atoms with Crippen LogP contribution in [-0.2, 0) is 6.42 Å². The third-order valence-electron chi connectivity index (χ3n) is 2.93. The van der Waals surface area contributed by atoms with E-state index in [1.165, 1.54) is 5.56 Å². The van der Waals surface area contributed by atoms with Crippen LogP contribution in [0.5, 0.6) is 5.75 Å². The molecule has 0 aliphatic heterocycles. The maximum atomic E-state index is 5.11. The van der Waals surface area contributed by atoms with Crippen molar-refractivity contribution in [2.75, 3.05) is 12.4 Å². The van der Waals surface area contributed by atoms with Gasteiger partial charge in [-0.2, -0.15) is 0 Å². The summed E-state index contributed by atoms with van der Waals surface area (Å²) in [5, 5.41) is 3.18. The second kappa shape index (κ2) is 6.59. The van der Waals surface area contributed by atoms with E-state index in [9.17, 15) is 0 Å². The van der Waals surface area contributed by atoms with Gasteiger partial charge in [-0.25, -0.2) is 10.3 Å². The molecule has 98 valence electrons. The summed E-state index contributed by atoms with van der Waals surface area (Å²) in [4.78, 5) is 3.21. The highest BCUT2D eigenvalue weighted by Gasteiger charge is 1.96. The number of rotatable bonds is 5. The van der Waals surface area contributed by atoms with Gasteiger partial charge in [0.25, 0.3) is 0 Å². The topological polar surface area (TPSA) is 35.2 Å². The van der Waals surface area contributed by atoms with Gasteiger partial charge in [0, 0.05) is 0 Å². The van der Waals surface area contributed by atoms with E-state index in [0.29, 0.717) is 0 Å². The molecule has 2 aromatic carbocycles.